The standard InChI is InChI=1S/C14H18N2O4S/c1-7-5-9(7)13(18)15-4-3-10(17)16-11-8(2)6-21-12(11)14(19)20/h6-7,9H,3-5H2,1-2H3,(H,15,18)(H,16,17)(H,19,20). The number of carboxylic acid groups (broad SMARTS) is 1. The van der Waals surface area contributed by atoms with Crippen LogP contribution < -0.4 is 10.6 Å². The predicted molar refractivity (Wildman–Crippen MR) is 79.5 cm³/mol. The van der Waals surface area contributed by atoms with E-state index in [0.717, 1.165) is 23.3 Å². The van der Waals surface area contributed by atoms with E-state index in [1.807, 2.05) is 6.92 Å². The quantitative estimate of drug-likeness (QED) is 0.747. The van der Waals surface area contributed by atoms with Crippen molar-refractivity contribution in [1.29, 1.82) is 0 Å². The zero-order valence-electron chi connectivity index (χ0n) is 11.9. The molecular weight excluding hydrogens is 292 g/mol. The molecule has 0 saturated heterocycles. The van der Waals surface area contributed by atoms with Crippen LogP contribution in [0, 0.1) is 18.8 Å². The van der Waals surface area contributed by atoms with Gasteiger partial charge in [-0.3, -0.25) is 9.59 Å². The summed E-state index contributed by atoms with van der Waals surface area (Å²) >= 11 is 1.08. The molecule has 3 N–H and O–H groups in total. The number of anilines is 1. The molecule has 6 nitrogen and oxygen atoms in total. The number of aryl methyl sites for hydroxylation is 1. The van der Waals surface area contributed by atoms with E-state index >= 15 is 0 Å². The molecular formula is C14H18N2O4S. The number of hydrogen-bond donors (Lipinski definition) is 3. The van der Waals surface area contributed by atoms with Crippen molar-refractivity contribution in [2.45, 2.75) is 26.7 Å². The molecule has 1 aliphatic rings. The van der Waals surface area contributed by atoms with Crippen molar-refractivity contribution in [2.75, 3.05) is 11.9 Å². The number of carbonyl (C=O) groups is 3. The molecule has 1 aromatic heterocycles. The van der Waals surface area contributed by atoms with Crippen molar-refractivity contribution in [2.24, 2.45) is 11.8 Å². The third kappa shape index (κ3) is 3.81. The Hall–Kier alpha value is -1.89. The molecule has 7 heteroatoms. The summed E-state index contributed by atoms with van der Waals surface area (Å²) in [6.45, 7) is 4.03. The van der Waals surface area contributed by atoms with Gasteiger partial charge in [-0.15, -0.1) is 11.3 Å². The van der Waals surface area contributed by atoms with Gasteiger partial charge in [-0.25, -0.2) is 4.79 Å². The van der Waals surface area contributed by atoms with Gasteiger partial charge in [-0.1, -0.05) is 6.92 Å². The van der Waals surface area contributed by atoms with Gasteiger partial charge in [0.2, 0.25) is 11.8 Å². The Bertz CT molecular complexity index is 582. The minimum atomic E-state index is -1.06. The van der Waals surface area contributed by atoms with Crippen LogP contribution in [-0.2, 0) is 9.59 Å². The van der Waals surface area contributed by atoms with E-state index in [0.29, 0.717) is 11.6 Å². The summed E-state index contributed by atoms with van der Waals surface area (Å²) in [5.41, 5.74) is 1.07. The number of carbonyl (C=O) groups excluding carboxylic acids is 2. The lowest BCUT2D eigenvalue weighted by atomic mass is 10.2. The molecule has 0 spiro atoms. The molecule has 114 valence electrons. The van der Waals surface area contributed by atoms with E-state index in [1.165, 1.54) is 0 Å². The maximum atomic E-state index is 11.8. The first-order valence-corrected chi connectivity index (χ1v) is 7.67. The molecule has 1 saturated carbocycles. The third-order valence-electron chi connectivity index (χ3n) is 3.53. The van der Waals surface area contributed by atoms with Crippen LogP contribution >= 0.6 is 11.3 Å². The zero-order valence-corrected chi connectivity index (χ0v) is 12.8. The molecule has 0 radical (unpaired) electrons. The Balaban J connectivity index is 1.81. The molecule has 1 heterocycles. The summed E-state index contributed by atoms with van der Waals surface area (Å²) in [4.78, 5) is 34.6. The van der Waals surface area contributed by atoms with Crippen LogP contribution in [0.5, 0.6) is 0 Å². The number of nitrogens with one attached hydrogen (secondary N) is 2. The van der Waals surface area contributed by atoms with E-state index in [4.69, 9.17) is 5.11 Å². The van der Waals surface area contributed by atoms with Gasteiger partial charge in [0.1, 0.15) is 4.88 Å². The second-order valence-electron chi connectivity index (χ2n) is 5.34. The number of hydrogen-bond acceptors (Lipinski definition) is 4. The van der Waals surface area contributed by atoms with Crippen LogP contribution in [0.25, 0.3) is 0 Å². The van der Waals surface area contributed by atoms with Crippen LogP contribution in [-0.4, -0.2) is 29.4 Å². The fraction of sp³-hybridized carbons (Fsp3) is 0.500. The fourth-order valence-electron chi connectivity index (χ4n) is 2.08. The molecule has 2 amide bonds. The molecule has 21 heavy (non-hydrogen) atoms. The Morgan fingerprint density at radius 1 is 1.43 bits per heavy atom. The van der Waals surface area contributed by atoms with Gasteiger partial charge >= 0.3 is 5.97 Å². The average molecular weight is 310 g/mol. The first-order valence-electron chi connectivity index (χ1n) is 6.79. The van der Waals surface area contributed by atoms with Crippen LogP contribution in [0.1, 0.15) is 35.0 Å². The van der Waals surface area contributed by atoms with Gasteiger partial charge in [-0.2, -0.15) is 0 Å². The second kappa shape index (κ2) is 6.26. The first kappa shape index (κ1) is 15.5. The van der Waals surface area contributed by atoms with Gasteiger partial charge in [-0.05, 0) is 30.2 Å². The Kier molecular flexibility index (Phi) is 4.62. The van der Waals surface area contributed by atoms with Crippen molar-refractivity contribution >= 4 is 34.8 Å². The van der Waals surface area contributed by atoms with Crippen LogP contribution in [0.3, 0.4) is 0 Å². The maximum absolute atomic E-state index is 11.8. The lowest BCUT2D eigenvalue weighted by Gasteiger charge is -2.07. The van der Waals surface area contributed by atoms with Crippen LogP contribution in [0.2, 0.25) is 0 Å². The summed E-state index contributed by atoms with van der Waals surface area (Å²) in [5.74, 6) is -0.841. The molecule has 2 unspecified atom stereocenters. The topological polar surface area (TPSA) is 95.5 Å². The normalized spacial score (nSPS) is 19.9. The molecule has 1 aliphatic carbocycles. The van der Waals surface area contributed by atoms with Gasteiger partial charge in [0.15, 0.2) is 0 Å². The third-order valence-corrected chi connectivity index (χ3v) is 4.62. The average Bonchev–Trinajstić information content (AvgIpc) is 3.03. The first-order chi connectivity index (χ1) is 9.90. The van der Waals surface area contributed by atoms with Gasteiger partial charge < -0.3 is 15.7 Å². The molecule has 2 rings (SSSR count). The summed E-state index contributed by atoms with van der Waals surface area (Å²) in [7, 11) is 0. The minimum Gasteiger partial charge on any atom is -0.477 e. The number of amides is 2. The van der Waals surface area contributed by atoms with Crippen molar-refractivity contribution in [3.05, 3.63) is 15.8 Å². The highest BCUT2D eigenvalue weighted by Crippen LogP contribution is 2.37. The summed E-state index contributed by atoms with van der Waals surface area (Å²) in [6, 6.07) is 0. The largest absolute Gasteiger partial charge is 0.477 e. The van der Waals surface area contributed by atoms with Crippen molar-refractivity contribution in [3.63, 3.8) is 0 Å². The molecule has 0 bridgehead atoms. The van der Waals surface area contributed by atoms with E-state index < -0.39 is 5.97 Å². The SMILES string of the molecule is Cc1csc(C(=O)O)c1NC(=O)CCNC(=O)C1CC1C. The van der Waals surface area contributed by atoms with E-state index in [-0.39, 0.29) is 35.6 Å². The molecule has 1 aromatic rings. The van der Waals surface area contributed by atoms with Crippen LogP contribution in [0.4, 0.5) is 5.69 Å². The zero-order chi connectivity index (χ0) is 15.6. The summed E-state index contributed by atoms with van der Waals surface area (Å²) < 4.78 is 0. The highest BCUT2D eigenvalue weighted by molar-refractivity contribution is 7.12. The van der Waals surface area contributed by atoms with Crippen molar-refractivity contribution < 1.29 is 19.5 Å². The van der Waals surface area contributed by atoms with E-state index in [1.54, 1.807) is 12.3 Å². The smallest absolute Gasteiger partial charge is 0.348 e. The highest BCUT2D eigenvalue weighted by atomic mass is 32.1. The molecule has 2 atom stereocenters. The predicted octanol–water partition coefficient (Wildman–Crippen LogP) is 1.86. The number of rotatable bonds is 6. The number of aromatic carboxylic acids is 1. The Labute approximate surface area is 126 Å². The lowest BCUT2D eigenvalue weighted by Crippen LogP contribution is -2.29. The van der Waals surface area contributed by atoms with Crippen LogP contribution in [0.15, 0.2) is 5.38 Å². The molecule has 1 fully saturated rings. The highest BCUT2D eigenvalue weighted by Gasteiger charge is 2.38. The summed E-state index contributed by atoms with van der Waals surface area (Å²) in [6.07, 6.45) is 1.04. The second-order valence-corrected chi connectivity index (χ2v) is 6.22. The minimum absolute atomic E-state index is 0.00626. The maximum Gasteiger partial charge on any atom is 0.348 e. The van der Waals surface area contributed by atoms with Crippen molar-refractivity contribution in [1.82, 2.24) is 5.32 Å². The van der Waals surface area contributed by atoms with Gasteiger partial charge in [0.05, 0.1) is 5.69 Å². The van der Waals surface area contributed by atoms with Crippen molar-refractivity contribution in [3.8, 4) is 0 Å². The monoisotopic (exact) mass is 310 g/mol. The number of thiophene rings is 1. The number of carboxylic acids is 1. The molecule has 0 aliphatic heterocycles. The fourth-order valence-corrected chi connectivity index (χ4v) is 2.92. The van der Waals surface area contributed by atoms with Gasteiger partial charge in [0.25, 0.3) is 0 Å². The molecule has 0 aromatic carbocycles. The Morgan fingerprint density at radius 2 is 2.10 bits per heavy atom. The van der Waals surface area contributed by atoms with E-state index in [2.05, 4.69) is 10.6 Å². The van der Waals surface area contributed by atoms with Gasteiger partial charge in [0, 0.05) is 18.9 Å². The van der Waals surface area contributed by atoms with E-state index in [9.17, 15) is 14.4 Å². The summed E-state index contributed by atoms with van der Waals surface area (Å²) in [5, 5.41) is 16.1. The lowest BCUT2D eigenvalue weighted by molar-refractivity contribution is -0.122. The Morgan fingerprint density at radius 3 is 2.67 bits per heavy atom.